The van der Waals surface area contributed by atoms with Crippen LogP contribution in [0, 0.1) is 21.4 Å². The number of aromatic amines is 1. The molecule has 15 rings (SSSR count). The molecule has 11 heterocycles. The van der Waals surface area contributed by atoms with Crippen LogP contribution in [-0.2, 0) is 35.2 Å². The van der Waals surface area contributed by atoms with Crippen molar-refractivity contribution < 1.29 is 56.0 Å². The number of nitrogens with zero attached hydrogens (tertiary/aromatic N) is 7. The standard InChI is InChI=1S/C69H84N10O13S/c1-40(2)91-55-11-9-8-10-46(55)53-36-76(54-38-90-68(5,6)62-58(54)59-61(66(72-62)85-7)88-29-20-67(59,3)4)24-25-77(53)44-34-69(35-44)18-22-75(23-19-69)43-12-13-47(50(31-43)78-49-17-28-87-39-57(49)92-65-52(78)30-42-14-21-70-63(42)73-65)64(80)74-93(83,84)45-32-51(79(81)82)60-56(33-45)89-37-48(71-60)41-15-26-86-27-16-41/h8-14,21,30-33,40-41,44,48-49,53-54,57,71H,15-20,22-29,34-39H2,1-7H3,(H,70,73)(H,74,80)/t48-,49-,53-,54+,57-/m0/s1. The molecule has 1 amide bonds. The van der Waals surface area contributed by atoms with E-state index < -0.39 is 43.1 Å². The van der Waals surface area contributed by atoms with Crippen molar-refractivity contribution in [3.8, 4) is 29.0 Å². The summed E-state index contributed by atoms with van der Waals surface area (Å²) in [6.07, 6.45) is 8.31. The highest BCUT2D eigenvalue weighted by Gasteiger charge is 2.53. The zero-order valence-corrected chi connectivity index (χ0v) is 54.9. The van der Waals surface area contributed by atoms with Crippen molar-refractivity contribution in [1.82, 2.24) is 29.5 Å². The van der Waals surface area contributed by atoms with E-state index in [1.807, 2.05) is 30.5 Å². The van der Waals surface area contributed by atoms with Crippen LogP contribution in [0.4, 0.5) is 28.4 Å². The Morgan fingerprint density at radius 1 is 0.860 bits per heavy atom. The third-order valence-electron chi connectivity index (χ3n) is 21.5. The van der Waals surface area contributed by atoms with Crippen molar-refractivity contribution in [1.29, 1.82) is 0 Å². The maximum Gasteiger partial charge on any atom is 0.297 e. The molecule has 1 spiro atoms. The molecule has 93 heavy (non-hydrogen) atoms. The molecule has 5 atom stereocenters. The number of methoxy groups -OCH3 is 1. The Morgan fingerprint density at radius 2 is 1.66 bits per heavy atom. The van der Waals surface area contributed by atoms with E-state index in [0.29, 0.717) is 74.3 Å². The number of piperidine rings is 1. The van der Waals surface area contributed by atoms with Crippen molar-refractivity contribution in [2.45, 2.75) is 151 Å². The Morgan fingerprint density at radius 3 is 2.44 bits per heavy atom. The average Bonchev–Trinajstić information content (AvgIpc) is 0.939. The molecule has 494 valence electrons. The number of ether oxygens (including phenoxy) is 8. The Labute approximate surface area is 542 Å². The number of anilines is 4. The van der Waals surface area contributed by atoms with Gasteiger partial charge in [0.15, 0.2) is 17.2 Å². The number of H-pyrrole nitrogens is 1. The van der Waals surface area contributed by atoms with Gasteiger partial charge in [-0.1, -0.05) is 32.0 Å². The highest BCUT2D eigenvalue weighted by Crippen LogP contribution is 2.57. The molecule has 3 aromatic heterocycles. The van der Waals surface area contributed by atoms with E-state index in [-0.39, 0.29) is 77.2 Å². The number of nitro groups is 1. The summed E-state index contributed by atoms with van der Waals surface area (Å²) in [5.74, 6) is 1.78. The summed E-state index contributed by atoms with van der Waals surface area (Å²) in [5, 5.41) is 16.8. The minimum absolute atomic E-state index is 0.00713. The van der Waals surface area contributed by atoms with Gasteiger partial charge in [0.1, 0.15) is 35.4 Å². The van der Waals surface area contributed by atoms with Crippen molar-refractivity contribution in [3.63, 3.8) is 0 Å². The first-order valence-corrected chi connectivity index (χ1v) is 34.7. The molecular weight excluding hydrogens is 1210 g/mol. The first kappa shape index (κ1) is 61.7. The molecule has 3 N–H and O–H groups in total. The Hall–Kier alpha value is -7.48. The second kappa shape index (κ2) is 23.8. The van der Waals surface area contributed by atoms with Gasteiger partial charge in [0, 0.05) is 105 Å². The van der Waals surface area contributed by atoms with Crippen molar-refractivity contribution in [2.75, 3.05) is 101 Å². The van der Waals surface area contributed by atoms with Crippen molar-refractivity contribution in [2.24, 2.45) is 11.3 Å². The van der Waals surface area contributed by atoms with Gasteiger partial charge in [-0.25, -0.2) is 18.1 Å². The maximum absolute atomic E-state index is 15.1. The second-order valence-corrected chi connectivity index (χ2v) is 30.0. The molecule has 1 saturated carbocycles. The zero-order valence-electron chi connectivity index (χ0n) is 54.0. The Balaban J connectivity index is 0.711. The third kappa shape index (κ3) is 11.1. The number of fused-ring (bicyclic) bond motifs is 7. The summed E-state index contributed by atoms with van der Waals surface area (Å²) in [6, 6.07) is 20.1. The Bertz CT molecular complexity index is 4010. The van der Waals surface area contributed by atoms with Gasteiger partial charge in [0.05, 0.1) is 84.0 Å². The minimum Gasteiger partial charge on any atom is -0.491 e. The molecular formula is C69H84N10O13S. The summed E-state index contributed by atoms with van der Waals surface area (Å²) in [5.41, 5.74) is 6.12. The van der Waals surface area contributed by atoms with E-state index in [1.54, 1.807) is 13.2 Å². The predicted molar refractivity (Wildman–Crippen MR) is 348 cm³/mol. The van der Waals surface area contributed by atoms with Gasteiger partial charge < -0.3 is 58.0 Å². The molecule has 0 unspecified atom stereocenters. The third-order valence-corrected chi connectivity index (χ3v) is 22.8. The lowest BCUT2D eigenvalue weighted by molar-refractivity contribution is -0.384. The number of amides is 1. The second-order valence-electron chi connectivity index (χ2n) is 28.3. The van der Waals surface area contributed by atoms with E-state index in [1.165, 1.54) is 22.8 Å². The fourth-order valence-corrected chi connectivity index (χ4v) is 17.5. The number of hydrogen-bond acceptors (Lipinski definition) is 20. The molecule has 3 aromatic carbocycles. The number of aromatic nitrogens is 3. The summed E-state index contributed by atoms with van der Waals surface area (Å²) in [7, 11) is -3.07. The molecule has 1 aliphatic carbocycles. The van der Waals surface area contributed by atoms with E-state index in [0.717, 1.165) is 112 Å². The molecule has 0 radical (unpaired) electrons. The van der Waals surface area contributed by atoms with Crippen LogP contribution < -0.4 is 43.5 Å². The number of rotatable bonds is 13. The predicted octanol–water partition coefficient (Wildman–Crippen LogP) is 10.2. The van der Waals surface area contributed by atoms with Crippen LogP contribution in [0.3, 0.4) is 0 Å². The van der Waals surface area contributed by atoms with Crippen LogP contribution in [0.25, 0.3) is 11.0 Å². The Kier molecular flexibility index (Phi) is 15.8. The number of nitro benzene ring substituents is 1. The van der Waals surface area contributed by atoms with E-state index in [2.05, 4.69) is 100 Å². The van der Waals surface area contributed by atoms with Crippen molar-refractivity contribution >= 4 is 55.4 Å². The van der Waals surface area contributed by atoms with E-state index in [4.69, 9.17) is 47.9 Å². The normalized spacial score (nSPS) is 25.2. The lowest BCUT2D eigenvalue weighted by Gasteiger charge is -2.59. The monoisotopic (exact) mass is 1290 g/mol. The molecule has 5 fully saturated rings. The lowest BCUT2D eigenvalue weighted by Crippen LogP contribution is -2.60. The summed E-state index contributed by atoms with van der Waals surface area (Å²) in [4.78, 5) is 49.8. The van der Waals surface area contributed by atoms with Gasteiger partial charge in [0.2, 0.25) is 5.88 Å². The van der Waals surface area contributed by atoms with Gasteiger partial charge >= 0.3 is 0 Å². The van der Waals surface area contributed by atoms with Crippen LogP contribution in [0.1, 0.15) is 138 Å². The van der Waals surface area contributed by atoms with E-state index >= 15 is 4.79 Å². The topological polar surface area (TPSA) is 247 Å². The number of sulfonamides is 1. The van der Waals surface area contributed by atoms with Gasteiger partial charge in [-0.15, -0.1) is 0 Å². The molecule has 4 saturated heterocycles. The van der Waals surface area contributed by atoms with Gasteiger partial charge in [-0.05, 0) is 132 Å². The van der Waals surface area contributed by atoms with Gasteiger partial charge in [-0.2, -0.15) is 4.98 Å². The molecule has 24 heteroatoms. The molecule has 23 nitrogen and oxygen atoms in total. The van der Waals surface area contributed by atoms with Crippen molar-refractivity contribution in [3.05, 3.63) is 111 Å². The highest BCUT2D eigenvalue weighted by atomic mass is 32.2. The smallest absolute Gasteiger partial charge is 0.297 e. The number of hydrogen-bond donors (Lipinski definition) is 3. The number of nitrogens with one attached hydrogen (secondary N) is 3. The highest BCUT2D eigenvalue weighted by molar-refractivity contribution is 7.90. The van der Waals surface area contributed by atoms with Crippen LogP contribution in [0.5, 0.6) is 29.0 Å². The SMILES string of the molecule is COc1nc2c(c3c1OCCC3(C)C)[C@H](N1CCN(C3CC4(CCN(c5ccc(C(=O)NS(=O)(=O)c6cc7c(c([N+](=O)[O-])c6)N[C@H](C6CCOCC6)CO7)c(N6c7cc8cc[nH]c8nc7O[C@H]7COCC[C@@H]76)c5)CC4)C3)[C@H](c3ccccc3OC(C)C)C1)COC2(C)C. The number of para-hydroxylation sites is 1. The molecule has 0 bridgehead atoms. The van der Waals surface area contributed by atoms with Crippen LogP contribution >= 0.6 is 0 Å². The van der Waals surface area contributed by atoms with Gasteiger partial charge in [-0.3, -0.25) is 24.7 Å². The van der Waals surface area contributed by atoms with Gasteiger partial charge in [0.25, 0.3) is 27.5 Å². The van der Waals surface area contributed by atoms with Crippen LogP contribution in [0.2, 0.25) is 0 Å². The molecule has 9 aliphatic rings. The van der Waals surface area contributed by atoms with Crippen LogP contribution in [-0.4, -0.2) is 160 Å². The number of benzene rings is 3. The summed E-state index contributed by atoms with van der Waals surface area (Å²) < 4.78 is 81.5. The molecule has 8 aliphatic heterocycles. The van der Waals surface area contributed by atoms with Crippen LogP contribution in [0.15, 0.2) is 77.8 Å². The fraction of sp³-hybridized carbons (Fsp3) is 0.551. The number of carbonyl (C=O) groups excluding carboxylic acids is 1. The first-order valence-electron chi connectivity index (χ1n) is 33.2. The fourth-order valence-electron chi connectivity index (χ4n) is 16.5. The minimum atomic E-state index is -4.74. The number of piperazine rings is 1. The zero-order chi connectivity index (χ0) is 64.3. The average molecular weight is 1290 g/mol. The number of carbonyl (C=O) groups is 1. The quantitative estimate of drug-likeness (QED) is 0.0718. The summed E-state index contributed by atoms with van der Waals surface area (Å²) >= 11 is 0. The first-order chi connectivity index (χ1) is 44.7. The largest absolute Gasteiger partial charge is 0.491 e. The van der Waals surface area contributed by atoms with E-state index in [9.17, 15) is 18.5 Å². The number of pyridine rings is 2. The molecule has 6 aromatic rings. The maximum atomic E-state index is 15.1. The summed E-state index contributed by atoms with van der Waals surface area (Å²) in [6.45, 7) is 20.2. The lowest BCUT2D eigenvalue weighted by atomic mass is 9.59.